The van der Waals surface area contributed by atoms with E-state index in [1.807, 2.05) is 49.1 Å². The molecule has 1 aromatic carbocycles. The Hall–Kier alpha value is -2.49. The van der Waals surface area contributed by atoms with E-state index in [4.69, 9.17) is 0 Å². The number of hydrogen-bond donors (Lipinski definition) is 4. The molecule has 1 saturated heterocycles. The molecule has 0 bridgehead atoms. The minimum atomic E-state index is -0.776. The molecular formula is C43H68N4O5. The van der Waals surface area contributed by atoms with Gasteiger partial charge < -0.3 is 25.7 Å². The Labute approximate surface area is 313 Å². The van der Waals surface area contributed by atoms with E-state index in [1.165, 1.54) is 19.3 Å². The van der Waals surface area contributed by atoms with Crippen molar-refractivity contribution in [1.29, 1.82) is 0 Å². The maximum Gasteiger partial charge on any atom is 0.245 e. The highest BCUT2D eigenvalue weighted by Crippen LogP contribution is 2.66. The van der Waals surface area contributed by atoms with Crippen molar-refractivity contribution in [2.24, 2.45) is 46.3 Å². The summed E-state index contributed by atoms with van der Waals surface area (Å²) >= 11 is 0. The molecular weight excluding hydrogens is 652 g/mol. The van der Waals surface area contributed by atoms with Crippen LogP contribution in [0.15, 0.2) is 30.3 Å². The van der Waals surface area contributed by atoms with Gasteiger partial charge in [0.05, 0.1) is 12.2 Å². The Morgan fingerprint density at radius 2 is 1.52 bits per heavy atom. The third-order valence-corrected chi connectivity index (χ3v) is 14.6. The highest BCUT2D eigenvalue weighted by molar-refractivity contribution is 5.92. The van der Waals surface area contributed by atoms with Crippen molar-refractivity contribution in [2.75, 3.05) is 26.2 Å². The number of nitrogens with one attached hydrogen (secondary N) is 2. The number of aliphatic hydroxyl groups is 2. The standard InChI is InChI=1S/C43H68N4O5/c1-27(2)22-35(45-40(51)34(44-39(50)23-28(3)4)24-29-10-8-7-9-11-29)41(52)47-20-18-46(19-21-47)36-26-43(6)30(25-37(36)48)12-13-31-32-14-15-38(49)42(32,5)17-16-33(31)43/h7-11,27-28,30-38,48-49H,12-26H2,1-6H3,(H,44,50)(H,45,51)/t30-,31-,32-,33-,34-,35-,36-,37-,38-,42-,43-/m0/s1. The SMILES string of the molecule is CC(C)CC(=O)N[C@@H](Cc1ccccc1)C(=O)N[C@@H](CC(C)C)C(=O)N1CCN([C@H]2C[C@@]3(C)[C@@H](CC[C@@H]4[C@@H]3CC[C@]3(C)[C@@H](O)CC[C@@H]43)C[C@@H]2O)CC1. The molecule has 6 rings (SSSR count). The summed E-state index contributed by atoms with van der Waals surface area (Å²) < 4.78 is 0. The first kappa shape index (κ1) is 39.2. The Kier molecular flexibility index (Phi) is 12.1. The Bertz CT molecular complexity index is 1400. The van der Waals surface area contributed by atoms with E-state index in [1.54, 1.807) is 0 Å². The number of fused-ring (bicyclic) bond motifs is 5. The number of benzene rings is 1. The first-order chi connectivity index (χ1) is 24.7. The summed E-state index contributed by atoms with van der Waals surface area (Å²) in [5, 5.41) is 28.6. The summed E-state index contributed by atoms with van der Waals surface area (Å²) in [6, 6.07) is 8.31. The third-order valence-electron chi connectivity index (χ3n) is 14.6. The first-order valence-corrected chi connectivity index (χ1v) is 20.7. The van der Waals surface area contributed by atoms with Gasteiger partial charge in [0.1, 0.15) is 12.1 Å². The maximum atomic E-state index is 14.1. The van der Waals surface area contributed by atoms with Gasteiger partial charge in [-0.2, -0.15) is 0 Å². The average Bonchev–Trinajstić information content (AvgIpc) is 3.41. The van der Waals surface area contributed by atoms with Crippen molar-refractivity contribution in [1.82, 2.24) is 20.4 Å². The number of aliphatic hydroxyl groups excluding tert-OH is 2. The highest BCUT2D eigenvalue weighted by atomic mass is 16.3. The Morgan fingerprint density at radius 3 is 2.19 bits per heavy atom. The summed E-state index contributed by atoms with van der Waals surface area (Å²) in [6.45, 7) is 15.5. The molecule has 1 aromatic rings. The predicted octanol–water partition coefficient (Wildman–Crippen LogP) is 5.18. The third kappa shape index (κ3) is 8.12. The molecule has 1 aliphatic heterocycles. The van der Waals surface area contributed by atoms with Crippen LogP contribution in [-0.4, -0.2) is 94.2 Å². The summed E-state index contributed by atoms with van der Waals surface area (Å²) in [7, 11) is 0. The molecule has 290 valence electrons. The van der Waals surface area contributed by atoms with E-state index in [9.17, 15) is 24.6 Å². The van der Waals surface area contributed by atoms with Crippen LogP contribution in [0.1, 0.15) is 111 Å². The monoisotopic (exact) mass is 721 g/mol. The molecule has 0 aromatic heterocycles. The van der Waals surface area contributed by atoms with Crippen molar-refractivity contribution in [3.05, 3.63) is 35.9 Å². The molecule has 0 spiro atoms. The van der Waals surface area contributed by atoms with Crippen LogP contribution < -0.4 is 10.6 Å². The van der Waals surface area contributed by atoms with Crippen LogP contribution in [0, 0.1) is 46.3 Å². The topological polar surface area (TPSA) is 122 Å². The first-order valence-electron chi connectivity index (χ1n) is 20.7. The number of carbonyl (C=O) groups excluding carboxylic acids is 3. The largest absolute Gasteiger partial charge is 0.393 e. The van der Waals surface area contributed by atoms with Crippen LogP contribution in [-0.2, 0) is 20.8 Å². The van der Waals surface area contributed by atoms with Crippen molar-refractivity contribution in [3.8, 4) is 0 Å². The van der Waals surface area contributed by atoms with Crippen molar-refractivity contribution in [3.63, 3.8) is 0 Å². The minimum Gasteiger partial charge on any atom is -0.393 e. The van der Waals surface area contributed by atoms with Crippen LogP contribution in [0.5, 0.6) is 0 Å². The Balaban J connectivity index is 1.09. The smallest absolute Gasteiger partial charge is 0.245 e. The van der Waals surface area contributed by atoms with Gasteiger partial charge in [0.2, 0.25) is 17.7 Å². The lowest BCUT2D eigenvalue weighted by Crippen LogP contribution is -2.63. The summed E-state index contributed by atoms with van der Waals surface area (Å²) in [5.41, 5.74) is 1.20. The van der Waals surface area contributed by atoms with E-state index in [2.05, 4.69) is 43.2 Å². The van der Waals surface area contributed by atoms with Crippen LogP contribution >= 0.6 is 0 Å². The molecule has 4 N–H and O–H groups in total. The second-order valence-electron chi connectivity index (χ2n) is 18.8. The van der Waals surface area contributed by atoms with Gasteiger partial charge in [0.15, 0.2) is 0 Å². The van der Waals surface area contributed by atoms with Gasteiger partial charge in [0, 0.05) is 45.1 Å². The molecule has 5 fully saturated rings. The van der Waals surface area contributed by atoms with Crippen LogP contribution in [0.2, 0.25) is 0 Å². The predicted molar refractivity (Wildman–Crippen MR) is 204 cm³/mol. The van der Waals surface area contributed by atoms with Gasteiger partial charge in [0.25, 0.3) is 0 Å². The summed E-state index contributed by atoms with van der Waals surface area (Å²) in [4.78, 5) is 45.1. The number of amides is 3. The number of hydrogen-bond acceptors (Lipinski definition) is 6. The zero-order valence-corrected chi connectivity index (χ0v) is 32.9. The summed E-state index contributed by atoms with van der Waals surface area (Å²) in [6.07, 6.45) is 9.34. The van der Waals surface area contributed by atoms with E-state index < -0.39 is 12.1 Å². The number of piperazine rings is 1. The van der Waals surface area contributed by atoms with Crippen LogP contribution in [0.3, 0.4) is 0 Å². The van der Waals surface area contributed by atoms with Crippen LogP contribution in [0.4, 0.5) is 0 Å². The normalized spacial score (nSPS) is 36.0. The molecule has 0 radical (unpaired) electrons. The van der Waals surface area contributed by atoms with Gasteiger partial charge in [-0.1, -0.05) is 71.9 Å². The lowest BCUT2D eigenvalue weighted by Gasteiger charge is -2.62. The van der Waals surface area contributed by atoms with E-state index in [-0.39, 0.29) is 58.6 Å². The molecule has 52 heavy (non-hydrogen) atoms. The number of nitrogens with zero attached hydrogens (tertiary/aromatic N) is 2. The zero-order chi connectivity index (χ0) is 37.4. The molecule has 9 nitrogen and oxygen atoms in total. The van der Waals surface area contributed by atoms with Crippen molar-refractivity contribution >= 4 is 17.7 Å². The van der Waals surface area contributed by atoms with Crippen molar-refractivity contribution < 1.29 is 24.6 Å². The fourth-order valence-corrected chi connectivity index (χ4v) is 11.8. The average molecular weight is 721 g/mol. The second kappa shape index (κ2) is 16.1. The second-order valence-corrected chi connectivity index (χ2v) is 18.8. The lowest BCUT2D eigenvalue weighted by atomic mass is 9.44. The van der Waals surface area contributed by atoms with Gasteiger partial charge in [-0.25, -0.2) is 0 Å². The molecule has 11 atom stereocenters. The molecule has 1 heterocycles. The van der Waals surface area contributed by atoms with E-state index >= 15 is 0 Å². The van der Waals surface area contributed by atoms with Crippen LogP contribution in [0.25, 0.3) is 0 Å². The van der Waals surface area contributed by atoms with Gasteiger partial charge >= 0.3 is 0 Å². The fourth-order valence-electron chi connectivity index (χ4n) is 11.8. The van der Waals surface area contributed by atoms with Crippen molar-refractivity contribution in [2.45, 2.75) is 143 Å². The molecule has 9 heteroatoms. The zero-order valence-electron chi connectivity index (χ0n) is 32.9. The molecule has 0 unspecified atom stereocenters. The molecule has 3 amide bonds. The minimum absolute atomic E-state index is 0.0657. The Morgan fingerprint density at radius 1 is 0.827 bits per heavy atom. The lowest BCUT2D eigenvalue weighted by molar-refractivity contribution is -0.157. The van der Waals surface area contributed by atoms with Gasteiger partial charge in [-0.3, -0.25) is 19.3 Å². The maximum absolute atomic E-state index is 14.1. The van der Waals surface area contributed by atoms with E-state index in [0.29, 0.717) is 69.1 Å². The number of carbonyl (C=O) groups is 3. The van der Waals surface area contributed by atoms with Gasteiger partial charge in [-0.05, 0) is 110 Å². The number of rotatable bonds is 11. The van der Waals surface area contributed by atoms with Gasteiger partial charge in [-0.15, -0.1) is 0 Å². The molecule has 4 saturated carbocycles. The highest BCUT2D eigenvalue weighted by Gasteiger charge is 2.61. The van der Waals surface area contributed by atoms with E-state index in [0.717, 1.165) is 37.7 Å². The molecule has 5 aliphatic rings. The molecule has 4 aliphatic carbocycles. The summed E-state index contributed by atoms with van der Waals surface area (Å²) in [5.74, 6) is 2.27. The quantitative estimate of drug-likeness (QED) is 0.250. The fraction of sp³-hybridized carbons (Fsp3) is 0.791.